The molecule has 0 N–H and O–H groups in total. The lowest BCUT2D eigenvalue weighted by Crippen LogP contribution is -2.33. The van der Waals surface area contributed by atoms with Gasteiger partial charge in [-0.2, -0.15) is 10.2 Å². The van der Waals surface area contributed by atoms with Crippen molar-refractivity contribution in [2.45, 2.75) is 13.8 Å². The van der Waals surface area contributed by atoms with Crippen molar-refractivity contribution in [1.82, 2.24) is 4.98 Å². The van der Waals surface area contributed by atoms with Gasteiger partial charge in [-0.15, -0.1) is 4.57 Å². The zero-order chi connectivity index (χ0) is 25.1. The van der Waals surface area contributed by atoms with Crippen LogP contribution in [0, 0.1) is 0 Å². The van der Waals surface area contributed by atoms with Gasteiger partial charge in [-0.25, -0.2) is 4.98 Å². The van der Waals surface area contributed by atoms with Crippen molar-refractivity contribution in [2.75, 3.05) is 37.0 Å². The van der Waals surface area contributed by atoms with Crippen LogP contribution in [0.1, 0.15) is 13.8 Å². The summed E-state index contributed by atoms with van der Waals surface area (Å²) in [4.78, 5) is 9.40. The number of anilines is 2. The molecular formula is C30H31N6+. The molecule has 4 aromatic carbocycles. The van der Waals surface area contributed by atoms with Crippen molar-refractivity contribution in [3.63, 3.8) is 0 Å². The molecule has 1 aromatic heterocycles. The van der Waals surface area contributed by atoms with Crippen LogP contribution < -0.4 is 14.4 Å². The normalized spacial score (nSPS) is 11.4. The first-order valence-electron chi connectivity index (χ1n) is 12.4. The van der Waals surface area contributed by atoms with Crippen LogP contribution in [0.15, 0.2) is 101 Å². The van der Waals surface area contributed by atoms with Gasteiger partial charge in [0.2, 0.25) is 16.7 Å². The highest BCUT2D eigenvalue weighted by atomic mass is 15.1. The van der Waals surface area contributed by atoms with Gasteiger partial charge in [0.1, 0.15) is 11.0 Å². The molecule has 5 aromatic rings. The Balaban J connectivity index is 1.66. The topological polar surface area (TPSA) is 48.0 Å². The lowest BCUT2D eigenvalue weighted by Gasteiger charge is -2.20. The van der Waals surface area contributed by atoms with Crippen molar-refractivity contribution >= 4 is 44.8 Å². The number of azo groups is 1. The lowest BCUT2D eigenvalue weighted by molar-refractivity contribution is -0.538. The average molecular weight is 476 g/mol. The zero-order valence-electron chi connectivity index (χ0n) is 21.3. The lowest BCUT2D eigenvalue weighted by atomic mass is 10.1. The van der Waals surface area contributed by atoms with Crippen LogP contribution in [0.5, 0.6) is 0 Å². The van der Waals surface area contributed by atoms with Crippen LogP contribution in [0.4, 0.5) is 22.7 Å². The molecule has 6 heteroatoms. The fourth-order valence-corrected chi connectivity index (χ4v) is 4.47. The predicted octanol–water partition coefficient (Wildman–Crippen LogP) is 6.99. The van der Waals surface area contributed by atoms with Gasteiger partial charge in [-0.3, -0.25) is 0 Å². The van der Waals surface area contributed by atoms with E-state index in [-0.39, 0.29) is 0 Å². The maximum Gasteiger partial charge on any atom is 0.239 e. The summed E-state index contributed by atoms with van der Waals surface area (Å²) in [5.41, 5.74) is 8.92. The summed E-state index contributed by atoms with van der Waals surface area (Å²) >= 11 is 0. The minimum Gasteiger partial charge on any atom is -0.378 e. The van der Waals surface area contributed by atoms with Crippen molar-refractivity contribution in [2.24, 2.45) is 10.2 Å². The third kappa shape index (κ3) is 4.62. The third-order valence-electron chi connectivity index (χ3n) is 6.43. The quantitative estimate of drug-likeness (QED) is 0.145. The van der Waals surface area contributed by atoms with Crippen LogP contribution in [0.2, 0.25) is 0 Å². The van der Waals surface area contributed by atoms with E-state index in [1.165, 1.54) is 5.69 Å². The number of benzene rings is 4. The van der Waals surface area contributed by atoms with Gasteiger partial charge in [-0.05, 0) is 62.4 Å². The van der Waals surface area contributed by atoms with Gasteiger partial charge in [0.15, 0.2) is 0 Å². The minimum absolute atomic E-state index is 0.782. The third-order valence-corrected chi connectivity index (χ3v) is 6.43. The maximum atomic E-state index is 4.99. The standard InChI is InChI=1S/C30H31N6/c1-5-35(6-2)26-17-19-28-30(21-26)36(25-10-8-7-9-11-25)29-20-23(14-18-27(29)31-28)33-32-22-12-15-24(16-13-22)34(3)4/h7-21H,5-6H2,1-4H3/q+1. The molecule has 0 atom stereocenters. The molecule has 0 amide bonds. The molecule has 0 saturated carbocycles. The fourth-order valence-electron chi connectivity index (χ4n) is 4.47. The minimum atomic E-state index is 0.782. The first-order chi connectivity index (χ1) is 17.6. The Hall–Kier alpha value is -4.32. The Morgan fingerprint density at radius 2 is 1.25 bits per heavy atom. The molecule has 0 bridgehead atoms. The van der Waals surface area contributed by atoms with Crippen molar-refractivity contribution in [1.29, 1.82) is 0 Å². The molecule has 180 valence electrons. The molecule has 0 radical (unpaired) electrons. The second-order valence-corrected chi connectivity index (χ2v) is 8.91. The van der Waals surface area contributed by atoms with Crippen molar-refractivity contribution in [3.8, 4) is 5.69 Å². The molecule has 0 aliphatic carbocycles. The SMILES string of the molecule is CCN(CC)c1ccc2nc3ccc(/N=N/c4ccc(N(C)C)cc4)cc3[n+](-c3ccccc3)c2c1. The molecule has 0 aliphatic rings. The average Bonchev–Trinajstić information content (AvgIpc) is 2.92. The van der Waals surface area contributed by atoms with Gasteiger partial charge in [0, 0.05) is 62.8 Å². The van der Waals surface area contributed by atoms with Gasteiger partial charge in [0.25, 0.3) is 0 Å². The van der Waals surface area contributed by atoms with Crippen molar-refractivity contribution < 1.29 is 4.57 Å². The summed E-state index contributed by atoms with van der Waals surface area (Å²) in [6.45, 7) is 6.27. The van der Waals surface area contributed by atoms with Crippen LogP contribution in [-0.4, -0.2) is 32.2 Å². The van der Waals surface area contributed by atoms with Gasteiger partial charge >= 0.3 is 0 Å². The largest absolute Gasteiger partial charge is 0.378 e. The summed E-state index contributed by atoms with van der Waals surface area (Å²) < 4.78 is 2.27. The maximum absolute atomic E-state index is 4.99. The van der Waals surface area contributed by atoms with Crippen LogP contribution in [-0.2, 0) is 0 Å². The second-order valence-electron chi connectivity index (χ2n) is 8.91. The Labute approximate surface area is 212 Å². The molecule has 0 unspecified atom stereocenters. The first-order valence-corrected chi connectivity index (χ1v) is 12.4. The molecule has 5 rings (SSSR count). The Kier molecular flexibility index (Phi) is 6.58. The number of para-hydroxylation sites is 1. The highest BCUT2D eigenvalue weighted by Gasteiger charge is 2.21. The van der Waals surface area contributed by atoms with Crippen LogP contribution >= 0.6 is 0 Å². The number of aromatic nitrogens is 2. The first kappa shape index (κ1) is 23.4. The van der Waals surface area contributed by atoms with Gasteiger partial charge < -0.3 is 9.80 Å². The number of hydrogen-bond acceptors (Lipinski definition) is 5. The molecule has 0 saturated heterocycles. The monoisotopic (exact) mass is 475 g/mol. The molecule has 0 aliphatic heterocycles. The summed E-state index contributed by atoms with van der Waals surface area (Å²) in [5, 5.41) is 9.03. The number of nitrogens with zero attached hydrogens (tertiary/aromatic N) is 6. The fraction of sp³-hybridized carbons (Fsp3) is 0.200. The van der Waals surface area contributed by atoms with E-state index in [9.17, 15) is 0 Å². The Bertz CT molecular complexity index is 1520. The Morgan fingerprint density at radius 3 is 1.92 bits per heavy atom. The molecule has 6 nitrogen and oxygen atoms in total. The number of hydrogen-bond donors (Lipinski definition) is 0. The summed E-state index contributed by atoms with van der Waals surface area (Å²) in [6.07, 6.45) is 0. The second kappa shape index (κ2) is 10.1. The van der Waals surface area contributed by atoms with Gasteiger partial charge in [0.05, 0.1) is 11.4 Å². The van der Waals surface area contributed by atoms with E-state index in [4.69, 9.17) is 4.98 Å². The molecule has 36 heavy (non-hydrogen) atoms. The predicted molar refractivity (Wildman–Crippen MR) is 149 cm³/mol. The zero-order valence-corrected chi connectivity index (χ0v) is 21.3. The molecule has 1 heterocycles. The summed E-state index contributed by atoms with van der Waals surface area (Å²) in [7, 11) is 4.05. The molecule has 0 fully saturated rings. The van der Waals surface area contributed by atoms with E-state index in [1.807, 2.05) is 56.6 Å². The summed E-state index contributed by atoms with van der Waals surface area (Å²) in [5.74, 6) is 0. The van der Waals surface area contributed by atoms with E-state index >= 15 is 0 Å². The van der Waals surface area contributed by atoms with Crippen LogP contribution in [0.3, 0.4) is 0 Å². The highest BCUT2D eigenvalue weighted by molar-refractivity contribution is 5.85. The number of fused-ring (bicyclic) bond motifs is 2. The molecular weight excluding hydrogens is 444 g/mol. The van der Waals surface area contributed by atoms with E-state index < -0.39 is 0 Å². The van der Waals surface area contributed by atoms with E-state index in [0.717, 1.165) is 57.9 Å². The van der Waals surface area contributed by atoms with Gasteiger partial charge in [-0.1, -0.05) is 18.2 Å². The van der Waals surface area contributed by atoms with E-state index in [0.29, 0.717) is 0 Å². The Morgan fingerprint density at radius 1 is 0.667 bits per heavy atom. The smallest absolute Gasteiger partial charge is 0.239 e. The number of rotatable bonds is 7. The van der Waals surface area contributed by atoms with Crippen molar-refractivity contribution in [3.05, 3.63) is 91.0 Å². The molecule has 0 spiro atoms. The van der Waals surface area contributed by atoms with E-state index in [2.05, 4.69) is 87.0 Å². The summed E-state index contributed by atoms with van der Waals surface area (Å²) in [6, 6.07) is 31.1. The van der Waals surface area contributed by atoms with Crippen LogP contribution in [0.25, 0.3) is 27.8 Å². The highest BCUT2D eigenvalue weighted by Crippen LogP contribution is 2.27. The van der Waals surface area contributed by atoms with E-state index in [1.54, 1.807) is 0 Å².